The van der Waals surface area contributed by atoms with E-state index >= 15 is 0 Å². The number of hydrogen-bond acceptors (Lipinski definition) is 2. The minimum atomic E-state index is -0.217. The van der Waals surface area contributed by atoms with E-state index in [1.54, 1.807) is 0 Å². The fourth-order valence-electron chi connectivity index (χ4n) is 4.25. The molecule has 2 nitrogen and oxygen atoms in total. The molecule has 0 radical (unpaired) electrons. The average molecular weight is 277 g/mol. The number of rotatable bonds is 2. The maximum absolute atomic E-state index is 10.1. The largest absolute Gasteiger partial charge is 0.511 e. The molecule has 0 saturated heterocycles. The van der Waals surface area contributed by atoms with Gasteiger partial charge in [0.2, 0.25) is 0 Å². The summed E-state index contributed by atoms with van der Waals surface area (Å²) in [5.41, 5.74) is 10.9. The van der Waals surface area contributed by atoms with Crippen molar-refractivity contribution in [3.63, 3.8) is 0 Å². The van der Waals surface area contributed by atoms with Crippen molar-refractivity contribution in [3.05, 3.63) is 82.6 Å². The second-order valence-electron chi connectivity index (χ2n) is 6.08. The summed E-state index contributed by atoms with van der Waals surface area (Å²) in [7, 11) is 0. The number of hydrogen-bond donors (Lipinski definition) is 2. The Labute approximate surface area is 124 Å². The highest BCUT2D eigenvalue weighted by Gasteiger charge is 2.46. The highest BCUT2D eigenvalue weighted by molar-refractivity contribution is 5.61. The molecule has 2 bridgehead atoms. The van der Waals surface area contributed by atoms with Crippen LogP contribution in [0.3, 0.4) is 0 Å². The lowest BCUT2D eigenvalue weighted by molar-refractivity contribution is 0.375. The Hall–Kier alpha value is -2.06. The Kier molecular flexibility index (Phi) is 2.69. The third-order valence-corrected chi connectivity index (χ3v) is 5.08. The van der Waals surface area contributed by atoms with Gasteiger partial charge in [0.1, 0.15) is 5.76 Å². The molecule has 106 valence electrons. The second-order valence-corrected chi connectivity index (χ2v) is 6.08. The zero-order chi connectivity index (χ0) is 14.4. The van der Waals surface area contributed by atoms with Crippen LogP contribution in [-0.2, 0) is 5.41 Å². The van der Waals surface area contributed by atoms with Crippen LogP contribution in [0.5, 0.6) is 0 Å². The minimum absolute atomic E-state index is 0.190. The lowest BCUT2D eigenvalue weighted by Gasteiger charge is -2.48. The smallest absolute Gasteiger partial charge is 0.103 e. The van der Waals surface area contributed by atoms with Crippen molar-refractivity contribution in [1.82, 2.24) is 0 Å². The molecular weight excluding hydrogens is 258 g/mol. The Morgan fingerprint density at radius 3 is 2.24 bits per heavy atom. The third kappa shape index (κ3) is 1.63. The van der Waals surface area contributed by atoms with Crippen molar-refractivity contribution < 1.29 is 5.11 Å². The molecule has 3 N–H and O–H groups in total. The zero-order valence-electron chi connectivity index (χ0n) is 11.9. The molecule has 21 heavy (non-hydrogen) atoms. The molecule has 0 aliphatic heterocycles. The van der Waals surface area contributed by atoms with Crippen LogP contribution in [-0.4, -0.2) is 11.7 Å². The summed E-state index contributed by atoms with van der Waals surface area (Å²) in [4.78, 5) is 0. The van der Waals surface area contributed by atoms with Gasteiger partial charge >= 0.3 is 0 Å². The zero-order valence-corrected chi connectivity index (χ0v) is 11.9. The molecule has 2 aromatic carbocycles. The summed E-state index contributed by atoms with van der Waals surface area (Å²) >= 11 is 0. The van der Waals surface area contributed by atoms with Gasteiger partial charge in [-0.05, 0) is 41.2 Å². The van der Waals surface area contributed by atoms with Crippen LogP contribution < -0.4 is 5.73 Å². The molecule has 3 aliphatic carbocycles. The predicted octanol–water partition coefficient (Wildman–Crippen LogP) is 3.61. The van der Waals surface area contributed by atoms with E-state index in [1.165, 1.54) is 22.3 Å². The second kappa shape index (κ2) is 4.47. The Balaban J connectivity index is 2.06. The van der Waals surface area contributed by atoms with Gasteiger partial charge in [-0.25, -0.2) is 0 Å². The maximum Gasteiger partial charge on any atom is 0.103 e. The van der Waals surface area contributed by atoms with Crippen molar-refractivity contribution in [3.8, 4) is 0 Å². The highest BCUT2D eigenvalue weighted by Crippen LogP contribution is 2.56. The standard InChI is InChI=1S/C19H19NO/c20-12-13(21)11-19-10-9-14(15-5-1-3-7-17(15)19)16-6-2-4-8-18(16)19/h1-8,11,14,21H,9-10,12,20H2. The average Bonchev–Trinajstić information content (AvgIpc) is 2.55. The fourth-order valence-corrected chi connectivity index (χ4v) is 4.25. The lowest BCUT2D eigenvalue weighted by atomic mass is 9.55. The summed E-state index contributed by atoms with van der Waals surface area (Å²) in [5.74, 6) is 0.771. The molecule has 0 atom stereocenters. The first-order valence-electron chi connectivity index (χ1n) is 7.56. The van der Waals surface area contributed by atoms with E-state index in [-0.39, 0.29) is 17.7 Å². The summed E-state index contributed by atoms with van der Waals surface area (Å²) in [6.45, 7) is 0.190. The molecule has 3 aliphatic rings. The third-order valence-electron chi connectivity index (χ3n) is 5.08. The van der Waals surface area contributed by atoms with Gasteiger partial charge in [0.25, 0.3) is 0 Å². The van der Waals surface area contributed by atoms with Crippen molar-refractivity contribution in [2.75, 3.05) is 6.54 Å². The molecule has 2 aromatic rings. The predicted molar refractivity (Wildman–Crippen MR) is 84.5 cm³/mol. The number of allylic oxidation sites excluding steroid dienone is 1. The van der Waals surface area contributed by atoms with Crippen LogP contribution in [0, 0.1) is 0 Å². The Bertz CT molecular complexity index is 684. The summed E-state index contributed by atoms with van der Waals surface area (Å²) in [6, 6.07) is 17.3. The van der Waals surface area contributed by atoms with Gasteiger partial charge in [0.05, 0.1) is 6.54 Å². The summed E-state index contributed by atoms with van der Waals surface area (Å²) in [6.07, 6.45) is 4.15. The molecule has 0 aromatic heterocycles. The van der Waals surface area contributed by atoms with E-state index in [2.05, 4.69) is 48.5 Å². The van der Waals surface area contributed by atoms with Crippen LogP contribution in [0.15, 0.2) is 60.4 Å². The van der Waals surface area contributed by atoms with Crippen LogP contribution in [0.2, 0.25) is 0 Å². The first-order chi connectivity index (χ1) is 10.3. The molecule has 0 spiro atoms. The molecular formula is C19H19NO. The first-order valence-corrected chi connectivity index (χ1v) is 7.56. The van der Waals surface area contributed by atoms with Crippen molar-refractivity contribution in [2.45, 2.75) is 24.2 Å². The van der Waals surface area contributed by atoms with Gasteiger partial charge in [0, 0.05) is 11.3 Å². The van der Waals surface area contributed by atoms with Gasteiger partial charge in [-0.3, -0.25) is 0 Å². The number of nitrogens with two attached hydrogens (primary N) is 1. The molecule has 0 fully saturated rings. The fraction of sp³-hybridized carbons (Fsp3) is 0.263. The lowest BCUT2D eigenvalue weighted by Crippen LogP contribution is -2.39. The van der Waals surface area contributed by atoms with E-state index < -0.39 is 0 Å². The van der Waals surface area contributed by atoms with Gasteiger partial charge < -0.3 is 10.8 Å². The van der Waals surface area contributed by atoms with Crippen LogP contribution in [0.1, 0.15) is 41.0 Å². The van der Waals surface area contributed by atoms with Crippen LogP contribution >= 0.6 is 0 Å². The van der Waals surface area contributed by atoms with E-state index in [9.17, 15) is 5.11 Å². The monoisotopic (exact) mass is 277 g/mol. The van der Waals surface area contributed by atoms with Gasteiger partial charge in [-0.1, -0.05) is 48.5 Å². The highest BCUT2D eigenvalue weighted by atomic mass is 16.3. The van der Waals surface area contributed by atoms with Crippen LogP contribution in [0.4, 0.5) is 0 Å². The minimum Gasteiger partial charge on any atom is -0.511 e. The van der Waals surface area contributed by atoms with Crippen molar-refractivity contribution in [2.24, 2.45) is 5.73 Å². The molecule has 0 unspecified atom stereocenters. The number of benzene rings is 2. The summed E-state index contributed by atoms with van der Waals surface area (Å²) in [5, 5.41) is 10.1. The molecule has 2 heteroatoms. The van der Waals surface area contributed by atoms with E-state index in [0.29, 0.717) is 5.92 Å². The number of fused-ring (bicyclic) bond motifs is 1. The Morgan fingerprint density at radius 2 is 1.67 bits per heavy atom. The normalized spacial score (nSPS) is 26.3. The van der Waals surface area contributed by atoms with E-state index in [1.807, 2.05) is 6.08 Å². The van der Waals surface area contributed by atoms with Crippen molar-refractivity contribution >= 4 is 0 Å². The van der Waals surface area contributed by atoms with Crippen LogP contribution in [0.25, 0.3) is 0 Å². The van der Waals surface area contributed by atoms with Gasteiger partial charge in [-0.15, -0.1) is 0 Å². The van der Waals surface area contributed by atoms with Gasteiger partial charge in [0.15, 0.2) is 0 Å². The molecule has 0 heterocycles. The maximum atomic E-state index is 10.1. The quantitative estimate of drug-likeness (QED) is 0.824. The SMILES string of the molecule is NCC(O)=CC12CCC(c3ccccc31)c1ccccc12. The van der Waals surface area contributed by atoms with Crippen molar-refractivity contribution in [1.29, 1.82) is 0 Å². The van der Waals surface area contributed by atoms with E-state index in [4.69, 9.17) is 5.73 Å². The molecule has 0 saturated carbocycles. The molecule has 0 amide bonds. The topological polar surface area (TPSA) is 46.2 Å². The number of aliphatic hydroxyl groups is 1. The Morgan fingerprint density at radius 1 is 1.10 bits per heavy atom. The summed E-state index contributed by atoms with van der Waals surface area (Å²) < 4.78 is 0. The van der Waals surface area contributed by atoms with E-state index in [0.717, 1.165) is 12.8 Å². The molecule has 5 rings (SSSR count). The number of aliphatic hydroxyl groups excluding tert-OH is 1. The first kappa shape index (κ1) is 12.7. The van der Waals surface area contributed by atoms with Gasteiger partial charge in [-0.2, -0.15) is 0 Å².